The van der Waals surface area contributed by atoms with E-state index in [4.69, 9.17) is 9.47 Å². The van der Waals surface area contributed by atoms with Gasteiger partial charge in [-0.3, -0.25) is 9.59 Å². The Morgan fingerprint density at radius 1 is 1.03 bits per heavy atom. The van der Waals surface area contributed by atoms with Crippen LogP contribution in [0.5, 0.6) is 11.5 Å². The van der Waals surface area contributed by atoms with Gasteiger partial charge in [-0.2, -0.15) is 0 Å². The van der Waals surface area contributed by atoms with Gasteiger partial charge < -0.3 is 19.3 Å². The summed E-state index contributed by atoms with van der Waals surface area (Å²) in [7, 11) is 3.17. The van der Waals surface area contributed by atoms with Crippen LogP contribution in [0.4, 0.5) is 0 Å². The first-order valence-electron chi connectivity index (χ1n) is 10.1. The first-order chi connectivity index (χ1) is 14.6. The van der Waals surface area contributed by atoms with E-state index < -0.39 is 0 Å². The van der Waals surface area contributed by atoms with Crippen LogP contribution in [0.15, 0.2) is 41.8 Å². The van der Waals surface area contributed by atoms with Crippen molar-refractivity contribution in [2.75, 3.05) is 40.4 Å². The second-order valence-electron chi connectivity index (χ2n) is 7.56. The van der Waals surface area contributed by atoms with Crippen LogP contribution in [0.25, 0.3) is 6.08 Å². The SMILES string of the molecule is COc1ccc(/C=C/C(=O)N2CCN(C(=O)C3CC3c3cccs3)CC2)cc1OC. The van der Waals surface area contributed by atoms with Crippen molar-refractivity contribution >= 4 is 29.2 Å². The molecule has 0 spiro atoms. The molecule has 1 aromatic carbocycles. The van der Waals surface area contributed by atoms with Crippen LogP contribution in [0.2, 0.25) is 0 Å². The van der Waals surface area contributed by atoms with Gasteiger partial charge in [0.1, 0.15) is 0 Å². The van der Waals surface area contributed by atoms with E-state index in [1.54, 1.807) is 42.6 Å². The lowest BCUT2D eigenvalue weighted by molar-refractivity contribution is -0.138. The molecule has 2 unspecified atom stereocenters. The molecule has 0 N–H and O–H groups in total. The molecule has 158 valence electrons. The molecule has 2 heterocycles. The van der Waals surface area contributed by atoms with Crippen molar-refractivity contribution in [3.8, 4) is 11.5 Å². The Labute approximate surface area is 180 Å². The predicted octanol–water partition coefficient (Wildman–Crippen LogP) is 3.25. The molecule has 2 aromatic rings. The van der Waals surface area contributed by atoms with Gasteiger partial charge in [-0.15, -0.1) is 11.3 Å². The fraction of sp³-hybridized carbons (Fsp3) is 0.391. The zero-order valence-electron chi connectivity index (χ0n) is 17.2. The quantitative estimate of drug-likeness (QED) is 0.666. The number of methoxy groups -OCH3 is 2. The average molecular weight is 427 g/mol. The van der Waals surface area contributed by atoms with Crippen LogP contribution in [0, 0.1) is 5.92 Å². The molecule has 1 saturated carbocycles. The standard InChI is InChI=1S/C23H26N2O4S/c1-28-19-7-5-16(14-20(19)29-2)6-8-22(26)24-9-11-25(12-10-24)23(27)18-15-17(18)21-4-3-13-30-21/h3-8,13-14,17-18H,9-12,15H2,1-2H3/b8-6+. The van der Waals surface area contributed by atoms with Gasteiger partial charge in [-0.1, -0.05) is 12.1 Å². The largest absolute Gasteiger partial charge is 0.493 e. The lowest BCUT2D eigenvalue weighted by Gasteiger charge is -2.34. The summed E-state index contributed by atoms with van der Waals surface area (Å²) in [6.07, 6.45) is 4.30. The normalized spacial score (nSPS) is 21.0. The number of nitrogens with zero attached hydrogens (tertiary/aromatic N) is 2. The fourth-order valence-electron chi connectivity index (χ4n) is 3.90. The second-order valence-corrected chi connectivity index (χ2v) is 8.54. The van der Waals surface area contributed by atoms with Crippen LogP contribution < -0.4 is 9.47 Å². The highest BCUT2D eigenvalue weighted by atomic mass is 32.1. The van der Waals surface area contributed by atoms with E-state index >= 15 is 0 Å². The van der Waals surface area contributed by atoms with Gasteiger partial charge in [0.25, 0.3) is 0 Å². The summed E-state index contributed by atoms with van der Waals surface area (Å²) in [5, 5.41) is 2.06. The molecule has 4 rings (SSSR count). The van der Waals surface area contributed by atoms with Gasteiger partial charge in [0.2, 0.25) is 11.8 Å². The van der Waals surface area contributed by atoms with Crippen molar-refractivity contribution in [1.29, 1.82) is 0 Å². The van der Waals surface area contributed by atoms with Gasteiger partial charge in [-0.05, 0) is 41.6 Å². The molecule has 1 aliphatic heterocycles. The first kappa shape index (κ1) is 20.5. The minimum absolute atomic E-state index is 0.0419. The van der Waals surface area contributed by atoms with Crippen LogP contribution in [0.1, 0.15) is 22.8 Å². The van der Waals surface area contributed by atoms with E-state index in [0.29, 0.717) is 43.6 Å². The average Bonchev–Trinajstić information content (AvgIpc) is 3.40. The van der Waals surface area contributed by atoms with Crippen LogP contribution >= 0.6 is 11.3 Å². The summed E-state index contributed by atoms with van der Waals surface area (Å²) in [6, 6.07) is 9.68. The first-order valence-corrected chi connectivity index (χ1v) is 11.0. The van der Waals surface area contributed by atoms with E-state index in [-0.39, 0.29) is 17.7 Å². The number of piperazine rings is 1. The molecule has 2 fully saturated rings. The Bertz CT molecular complexity index is 933. The van der Waals surface area contributed by atoms with Crippen molar-refractivity contribution in [3.63, 3.8) is 0 Å². The Balaban J connectivity index is 1.28. The van der Waals surface area contributed by atoms with E-state index in [0.717, 1.165) is 12.0 Å². The number of hydrogen-bond donors (Lipinski definition) is 0. The Kier molecular flexibility index (Phi) is 6.08. The van der Waals surface area contributed by atoms with E-state index in [2.05, 4.69) is 11.4 Å². The summed E-state index contributed by atoms with van der Waals surface area (Å²) in [4.78, 5) is 30.3. The number of amides is 2. The third kappa shape index (κ3) is 4.36. The zero-order chi connectivity index (χ0) is 21.1. The number of carbonyl (C=O) groups excluding carboxylic acids is 2. The Morgan fingerprint density at radius 2 is 1.77 bits per heavy atom. The summed E-state index contributed by atoms with van der Waals surface area (Å²) in [6.45, 7) is 2.33. The third-order valence-corrected chi connectivity index (χ3v) is 6.75. The number of hydrogen-bond acceptors (Lipinski definition) is 5. The van der Waals surface area contributed by atoms with Crippen LogP contribution in [-0.2, 0) is 9.59 Å². The van der Waals surface area contributed by atoms with Crippen molar-refractivity contribution in [1.82, 2.24) is 9.80 Å². The highest BCUT2D eigenvalue weighted by Gasteiger charge is 2.46. The number of rotatable bonds is 6. The molecule has 2 atom stereocenters. The van der Waals surface area contributed by atoms with Crippen molar-refractivity contribution in [2.45, 2.75) is 12.3 Å². The van der Waals surface area contributed by atoms with Gasteiger partial charge in [0.15, 0.2) is 11.5 Å². The zero-order valence-corrected chi connectivity index (χ0v) is 18.1. The Hall–Kier alpha value is -2.80. The molecular formula is C23H26N2O4S. The monoisotopic (exact) mass is 426 g/mol. The molecule has 2 amide bonds. The molecule has 1 saturated heterocycles. The summed E-state index contributed by atoms with van der Waals surface area (Å²) in [5.74, 6) is 1.98. The molecule has 0 bridgehead atoms. The molecule has 2 aliphatic rings. The molecule has 7 heteroatoms. The number of thiophene rings is 1. The van der Waals surface area contributed by atoms with Gasteiger partial charge >= 0.3 is 0 Å². The van der Waals surface area contributed by atoms with E-state index in [1.165, 1.54) is 4.88 Å². The minimum Gasteiger partial charge on any atom is -0.493 e. The topological polar surface area (TPSA) is 59.1 Å². The van der Waals surface area contributed by atoms with Gasteiger partial charge in [0.05, 0.1) is 14.2 Å². The van der Waals surface area contributed by atoms with Crippen molar-refractivity contribution in [3.05, 3.63) is 52.2 Å². The third-order valence-electron chi connectivity index (χ3n) is 5.75. The number of ether oxygens (including phenoxy) is 2. The number of carbonyl (C=O) groups is 2. The van der Waals surface area contributed by atoms with E-state index in [9.17, 15) is 9.59 Å². The summed E-state index contributed by atoms with van der Waals surface area (Å²) in [5.41, 5.74) is 0.864. The molecule has 30 heavy (non-hydrogen) atoms. The smallest absolute Gasteiger partial charge is 0.246 e. The number of benzene rings is 1. The van der Waals surface area contributed by atoms with Crippen molar-refractivity contribution in [2.24, 2.45) is 5.92 Å². The fourth-order valence-corrected chi connectivity index (χ4v) is 4.80. The maximum Gasteiger partial charge on any atom is 0.246 e. The molecule has 1 aliphatic carbocycles. The summed E-state index contributed by atoms with van der Waals surface area (Å²) < 4.78 is 10.5. The lowest BCUT2D eigenvalue weighted by Crippen LogP contribution is -2.50. The van der Waals surface area contributed by atoms with Gasteiger partial charge in [-0.25, -0.2) is 0 Å². The van der Waals surface area contributed by atoms with Crippen LogP contribution in [-0.4, -0.2) is 62.0 Å². The second kappa shape index (κ2) is 8.92. The highest BCUT2D eigenvalue weighted by Crippen LogP contribution is 2.50. The van der Waals surface area contributed by atoms with E-state index in [1.807, 2.05) is 29.2 Å². The summed E-state index contributed by atoms with van der Waals surface area (Å²) >= 11 is 1.73. The maximum atomic E-state index is 12.8. The maximum absolute atomic E-state index is 12.8. The van der Waals surface area contributed by atoms with Gasteiger partial charge in [0, 0.05) is 49.0 Å². The predicted molar refractivity (Wildman–Crippen MR) is 117 cm³/mol. The van der Waals surface area contributed by atoms with Crippen molar-refractivity contribution < 1.29 is 19.1 Å². The molecule has 1 aromatic heterocycles. The Morgan fingerprint density at radius 3 is 2.43 bits per heavy atom. The molecular weight excluding hydrogens is 400 g/mol. The van der Waals surface area contributed by atoms with Crippen LogP contribution in [0.3, 0.4) is 0 Å². The highest BCUT2D eigenvalue weighted by molar-refractivity contribution is 7.10. The molecule has 6 nitrogen and oxygen atoms in total. The minimum atomic E-state index is -0.0419. The molecule has 0 radical (unpaired) electrons. The lowest BCUT2D eigenvalue weighted by atomic mass is 10.1.